The van der Waals surface area contributed by atoms with Gasteiger partial charge in [0.05, 0.1) is 11.0 Å². The molecule has 0 atom stereocenters. The fourth-order valence-corrected chi connectivity index (χ4v) is 5.24. The van der Waals surface area contributed by atoms with Gasteiger partial charge in [0.25, 0.3) is 0 Å². The van der Waals surface area contributed by atoms with Crippen LogP contribution in [0, 0.1) is 0 Å². The van der Waals surface area contributed by atoms with Crippen molar-refractivity contribution in [2.75, 3.05) is 25.0 Å². The summed E-state index contributed by atoms with van der Waals surface area (Å²) >= 11 is 0. The first kappa shape index (κ1) is 19.8. The van der Waals surface area contributed by atoms with Gasteiger partial charge < -0.3 is 9.88 Å². The molecular formula is C21H27N5O2S. The van der Waals surface area contributed by atoms with E-state index in [4.69, 9.17) is 0 Å². The van der Waals surface area contributed by atoms with Crippen molar-refractivity contribution < 1.29 is 8.42 Å². The summed E-state index contributed by atoms with van der Waals surface area (Å²) in [5, 5.41) is 3.27. The third-order valence-corrected chi connectivity index (χ3v) is 7.33. The monoisotopic (exact) mass is 413 g/mol. The van der Waals surface area contributed by atoms with Crippen LogP contribution in [0.2, 0.25) is 0 Å². The fraction of sp³-hybridized carbons (Fsp3) is 0.429. The number of nitrogens with zero attached hydrogens (tertiary/aromatic N) is 4. The Kier molecular flexibility index (Phi) is 5.82. The lowest BCUT2D eigenvalue weighted by Gasteiger charge is -2.25. The molecule has 1 aliphatic heterocycles. The van der Waals surface area contributed by atoms with Crippen LogP contribution in [-0.2, 0) is 23.5 Å². The summed E-state index contributed by atoms with van der Waals surface area (Å²) in [4.78, 5) is 9.26. The second-order valence-corrected chi connectivity index (χ2v) is 9.39. The van der Waals surface area contributed by atoms with Crippen LogP contribution in [-0.4, -0.2) is 46.9 Å². The van der Waals surface area contributed by atoms with Crippen molar-refractivity contribution in [3.8, 4) is 0 Å². The molecule has 3 aromatic rings. The third kappa shape index (κ3) is 4.28. The number of pyridine rings is 1. The van der Waals surface area contributed by atoms with E-state index in [-0.39, 0.29) is 4.90 Å². The van der Waals surface area contributed by atoms with E-state index in [0.717, 1.165) is 55.5 Å². The van der Waals surface area contributed by atoms with Crippen LogP contribution in [0.15, 0.2) is 47.5 Å². The Morgan fingerprint density at radius 2 is 1.86 bits per heavy atom. The molecule has 1 saturated heterocycles. The maximum absolute atomic E-state index is 12.7. The molecular weight excluding hydrogens is 386 g/mol. The van der Waals surface area contributed by atoms with Crippen molar-refractivity contribution in [1.82, 2.24) is 18.8 Å². The summed E-state index contributed by atoms with van der Waals surface area (Å²) < 4.78 is 29.1. The van der Waals surface area contributed by atoms with Gasteiger partial charge in [-0.25, -0.2) is 18.4 Å². The van der Waals surface area contributed by atoms with Crippen molar-refractivity contribution in [2.24, 2.45) is 7.05 Å². The van der Waals surface area contributed by atoms with Gasteiger partial charge in [0.2, 0.25) is 10.0 Å². The molecule has 1 N–H and O–H groups in total. The molecule has 7 nitrogen and oxygen atoms in total. The largest absolute Gasteiger partial charge is 0.370 e. The van der Waals surface area contributed by atoms with Crippen LogP contribution >= 0.6 is 0 Å². The Balaban J connectivity index is 1.31. The van der Waals surface area contributed by atoms with Gasteiger partial charge in [-0.3, -0.25) is 0 Å². The van der Waals surface area contributed by atoms with Gasteiger partial charge in [-0.2, -0.15) is 4.31 Å². The lowest BCUT2D eigenvalue weighted by atomic mass is 10.2. The Morgan fingerprint density at radius 3 is 2.59 bits per heavy atom. The van der Waals surface area contributed by atoms with E-state index in [2.05, 4.69) is 25.9 Å². The van der Waals surface area contributed by atoms with Crippen molar-refractivity contribution in [2.45, 2.75) is 37.0 Å². The lowest BCUT2D eigenvalue weighted by molar-refractivity contribution is 0.346. The van der Waals surface area contributed by atoms with Crippen molar-refractivity contribution in [3.63, 3.8) is 0 Å². The van der Waals surface area contributed by atoms with E-state index >= 15 is 0 Å². The number of imidazole rings is 1. The first-order valence-corrected chi connectivity index (χ1v) is 11.6. The smallest absolute Gasteiger partial charge is 0.244 e. The minimum absolute atomic E-state index is 0.268. The number of para-hydroxylation sites is 2. The number of aromatic nitrogens is 3. The fourth-order valence-electron chi connectivity index (χ4n) is 3.77. The molecule has 154 valence electrons. The molecule has 1 aliphatic rings. The molecule has 0 aliphatic carbocycles. The molecule has 0 unspecified atom stereocenters. The lowest BCUT2D eigenvalue weighted by Crippen LogP contribution is -2.35. The summed E-state index contributed by atoms with van der Waals surface area (Å²) in [5.41, 5.74) is 2.16. The average Bonchev–Trinajstić information content (AvgIpc) is 3.08. The summed E-state index contributed by atoms with van der Waals surface area (Å²) in [6, 6.07) is 11.5. The van der Waals surface area contributed by atoms with Gasteiger partial charge in [-0.05, 0) is 43.5 Å². The zero-order valence-electron chi connectivity index (χ0n) is 16.7. The van der Waals surface area contributed by atoms with E-state index in [1.54, 1.807) is 16.4 Å². The Labute approximate surface area is 171 Å². The quantitative estimate of drug-likeness (QED) is 0.602. The van der Waals surface area contributed by atoms with Crippen LogP contribution in [0.25, 0.3) is 11.0 Å². The highest BCUT2D eigenvalue weighted by Crippen LogP contribution is 2.21. The molecule has 1 aromatic carbocycles. The highest BCUT2D eigenvalue weighted by molar-refractivity contribution is 7.89. The van der Waals surface area contributed by atoms with E-state index in [1.165, 1.54) is 6.20 Å². The molecule has 3 heterocycles. The summed E-state index contributed by atoms with van der Waals surface area (Å²) in [6.07, 6.45) is 6.18. The topological polar surface area (TPSA) is 80.1 Å². The predicted octanol–water partition coefficient (Wildman–Crippen LogP) is 3.19. The zero-order chi connectivity index (χ0) is 20.3. The number of hydrogen-bond acceptors (Lipinski definition) is 5. The van der Waals surface area contributed by atoms with Gasteiger partial charge >= 0.3 is 0 Å². The number of sulfonamides is 1. The van der Waals surface area contributed by atoms with Crippen molar-refractivity contribution in [1.29, 1.82) is 0 Å². The van der Waals surface area contributed by atoms with Crippen LogP contribution in [0.5, 0.6) is 0 Å². The van der Waals surface area contributed by atoms with E-state index in [0.29, 0.717) is 18.9 Å². The molecule has 0 spiro atoms. The summed E-state index contributed by atoms with van der Waals surface area (Å²) in [6.45, 7) is 1.95. The third-order valence-electron chi connectivity index (χ3n) is 5.45. The maximum atomic E-state index is 12.7. The van der Waals surface area contributed by atoms with E-state index in [1.807, 2.05) is 25.2 Å². The molecule has 8 heteroatoms. The van der Waals surface area contributed by atoms with Crippen LogP contribution in [0.1, 0.15) is 31.5 Å². The second-order valence-electron chi connectivity index (χ2n) is 7.45. The number of fused-ring (bicyclic) bond motifs is 1. The minimum Gasteiger partial charge on any atom is -0.370 e. The SMILES string of the molecule is Cn1c(CCCNc2ccc(S(=O)(=O)N3CCCCC3)cn2)nc2ccccc21. The number of benzene rings is 1. The molecule has 4 rings (SSSR count). The Hall–Kier alpha value is -2.45. The molecule has 1 fully saturated rings. The number of piperidine rings is 1. The standard InChI is InChI=1S/C21H27N5O2S/c1-25-19-9-4-3-8-18(19)24-21(25)10-7-13-22-20-12-11-17(16-23-20)29(27,28)26-14-5-2-6-15-26/h3-4,8-9,11-12,16H,2,5-7,10,13-15H2,1H3,(H,22,23). The van der Waals surface area contributed by atoms with E-state index < -0.39 is 10.0 Å². The highest BCUT2D eigenvalue weighted by Gasteiger charge is 2.26. The van der Waals surface area contributed by atoms with Crippen LogP contribution < -0.4 is 5.32 Å². The molecule has 0 bridgehead atoms. The molecule has 0 radical (unpaired) electrons. The molecule has 29 heavy (non-hydrogen) atoms. The zero-order valence-corrected chi connectivity index (χ0v) is 17.5. The van der Waals surface area contributed by atoms with Crippen molar-refractivity contribution >= 4 is 26.9 Å². The van der Waals surface area contributed by atoms with Gasteiger partial charge in [0.1, 0.15) is 16.5 Å². The first-order chi connectivity index (χ1) is 14.1. The normalized spacial score (nSPS) is 15.6. The number of nitrogens with one attached hydrogen (secondary N) is 1. The Morgan fingerprint density at radius 1 is 1.07 bits per heavy atom. The van der Waals surface area contributed by atoms with Gasteiger partial charge in [0, 0.05) is 39.3 Å². The highest BCUT2D eigenvalue weighted by atomic mass is 32.2. The van der Waals surface area contributed by atoms with Gasteiger partial charge in [-0.15, -0.1) is 0 Å². The number of rotatable bonds is 7. The van der Waals surface area contributed by atoms with Crippen LogP contribution in [0.3, 0.4) is 0 Å². The summed E-state index contributed by atoms with van der Waals surface area (Å²) in [7, 11) is -1.38. The first-order valence-electron chi connectivity index (χ1n) is 10.2. The second kappa shape index (κ2) is 8.51. The Bertz CT molecular complexity index is 1070. The maximum Gasteiger partial charge on any atom is 0.244 e. The average molecular weight is 414 g/mol. The van der Waals surface area contributed by atoms with Gasteiger partial charge in [0.15, 0.2) is 0 Å². The van der Waals surface area contributed by atoms with Crippen molar-refractivity contribution in [3.05, 3.63) is 48.4 Å². The number of hydrogen-bond donors (Lipinski definition) is 1. The number of anilines is 1. The van der Waals surface area contributed by atoms with Crippen LogP contribution in [0.4, 0.5) is 5.82 Å². The van der Waals surface area contributed by atoms with Gasteiger partial charge in [-0.1, -0.05) is 18.6 Å². The molecule has 0 saturated carbocycles. The van der Waals surface area contributed by atoms with E-state index in [9.17, 15) is 8.42 Å². The molecule has 2 aromatic heterocycles. The minimum atomic E-state index is -3.43. The molecule has 0 amide bonds. The number of aryl methyl sites for hydroxylation is 2. The predicted molar refractivity (Wildman–Crippen MR) is 114 cm³/mol. The summed E-state index contributed by atoms with van der Waals surface area (Å²) in [5.74, 6) is 1.75.